The average Bonchev–Trinajstić information content (AvgIpc) is 2.87. The maximum Gasteiger partial charge on any atom is 0.419 e. The van der Waals surface area contributed by atoms with Crippen molar-refractivity contribution in [3.8, 4) is 0 Å². The van der Waals surface area contributed by atoms with E-state index < -0.39 is 5.76 Å². The molecule has 0 bridgehead atoms. The van der Waals surface area contributed by atoms with Gasteiger partial charge < -0.3 is 15.1 Å². The zero-order chi connectivity index (χ0) is 16.4. The van der Waals surface area contributed by atoms with Gasteiger partial charge in [-0.25, -0.2) is 4.79 Å². The second-order valence-corrected chi connectivity index (χ2v) is 6.34. The molecule has 24 heavy (non-hydrogen) atoms. The van der Waals surface area contributed by atoms with Crippen molar-refractivity contribution in [2.75, 3.05) is 13.1 Å². The van der Waals surface area contributed by atoms with Crippen LogP contribution in [0.1, 0.15) is 26.2 Å². The Bertz CT molecular complexity index is 755. The first-order valence-corrected chi connectivity index (χ1v) is 8.18. The summed E-state index contributed by atoms with van der Waals surface area (Å²) in [5.74, 6) is 0.249. The smallest absolute Gasteiger partial charge is 0.408 e. The van der Waals surface area contributed by atoms with E-state index in [4.69, 9.17) is 10.2 Å². The number of halogens is 1. The number of carbonyl (C=O) groups is 1. The van der Waals surface area contributed by atoms with Crippen molar-refractivity contribution in [1.29, 1.82) is 0 Å². The van der Waals surface area contributed by atoms with E-state index >= 15 is 0 Å². The van der Waals surface area contributed by atoms with Crippen LogP contribution in [-0.4, -0.2) is 34.5 Å². The second kappa shape index (κ2) is 7.85. The molecular formula is C17H24ClN3O3. The summed E-state index contributed by atoms with van der Waals surface area (Å²) in [6, 6.07) is 7.37. The van der Waals surface area contributed by atoms with Gasteiger partial charge in [-0.2, -0.15) is 0 Å². The minimum atomic E-state index is -0.415. The zero-order valence-electron chi connectivity index (χ0n) is 13.8. The lowest BCUT2D eigenvalue weighted by Gasteiger charge is -2.38. The number of nitrogens with two attached hydrogens (primary N) is 1. The Kier molecular flexibility index (Phi) is 6.07. The highest BCUT2D eigenvalue weighted by atomic mass is 35.5. The van der Waals surface area contributed by atoms with Gasteiger partial charge in [-0.1, -0.05) is 19.1 Å². The quantitative estimate of drug-likeness (QED) is 0.911. The number of oxazole rings is 1. The van der Waals surface area contributed by atoms with Gasteiger partial charge in [0.25, 0.3) is 0 Å². The Morgan fingerprint density at radius 3 is 2.88 bits per heavy atom. The van der Waals surface area contributed by atoms with Crippen LogP contribution in [0, 0.1) is 5.92 Å². The van der Waals surface area contributed by atoms with E-state index in [0.717, 1.165) is 24.9 Å². The van der Waals surface area contributed by atoms with Gasteiger partial charge in [-0.3, -0.25) is 9.36 Å². The van der Waals surface area contributed by atoms with Gasteiger partial charge in [0.2, 0.25) is 5.91 Å². The number of fused-ring (bicyclic) bond motifs is 1. The summed E-state index contributed by atoms with van der Waals surface area (Å²) in [5, 5.41) is 0. The molecule has 0 spiro atoms. The highest BCUT2D eigenvalue weighted by Crippen LogP contribution is 2.22. The molecular weight excluding hydrogens is 330 g/mol. The molecule has 0 radical (unpaired) electrons. The summed E-state index contributed by atoms with van der Waals surface area (Å²) in [4.78, 5) is 26.4. The summed E-state index contributed by atoms with van der Waals surface area (Å²) in [5.41, 5.74) is 7.10. The summed E-state index contributed by atoms with van der Waals surface area (Å²) in [6.07, 6.45) is 2.25. The first-order chi connectivity index (χ1) is 11.1. The van der Waals surface area contributed by atoms with E-state index in [1.807, 2.05) is 23.1 Å². The standard InChI is InChI=1S/C17H23N3O3.ClH/c1-12-6-8-19(13(10-12)11-18)16(21)7-9-20-14-4-2-3-5-15(14)23-17(20)22;/h2-5,12-13H,6-11,18H2,1H3;1H. The molecule has 2 heterocycles. The fourth-order valence-corrected chi connectivity index (χ4v) is 3.38. The van der Waals surface area contributed by atoms with Crippen LogP contribution in [0.15, 0.2) is 33.5 Å². The lowest BCUT2D eigenvalue weighted by Crippen LogP contribution is -2.49. The number of piperidine rings is 1. The van der Waals surface area contributed by atoms with Crippen molar-refractivity contribution >= 4 is 29.4 Å². The number of hydrogen-bond donors (Lipinski definition) is 1. The number of carbonyl (C=O) groups excluding carboxylic acids is 1. The van der Waals surface area contributed by atoms with E-state index in [1.54, 1.807) is 6.07 Å². The molecule has 1 aliphatic heterocycles. The monoisotopic (exact) mass is 353 g/mol. The molecule has 0 aliphatic carbocycles. The summed E-state index contributed by atoms with van der Waals surface area (Å²) < 4.78 is 6.72. The third-order valence-electron chi connectivity index (χ3n) is 4.69. The fourth-order valence-electron chi connectivity index (χ4n) is 3.38. The number of para-hydroxylation sites is 2. The third kappa shape index (κ3) is 3.65. The third-order valence-corrected chi connectivity index (χ3v) is 4.69. The SMILES string of the molecule is CC1CCN(C(=O)CCn2c(=O)oc3ccccc32)C(CN)C1.Cl. The first-order valence-electron chi connectivity index (χ1n) is 8.18. The van der Waals surface area contributed by atoms with Crippen molar-refractivity contribution < 1.29 is 9.21 Å². The number of hydrogen-bond acceptors (Lipinski definition) is 4. The van der Waals surface area contributed by atoms with Gasteiger partial charge >= 0.3 is 5.76 Å². The molecule has 2 atom stereocenters. The lowest BCUT2D eigenvalue weighted by molar-refractivity contribution is -0.135. The molecule has 132 valence electrons. The van der Waals surface area contributed by atoms with Crippen LogP contribution in [0.5, 0.6) is 0 Å². The van der Waals surface area contributed by atoms with Crippen molar-refractivity contribution in [2.24, 2.45) is 11.7 Å². The lowest BCUT2D eigenvalue weighted by atomic mass is 9.92. The number of likely N-dealkylation sites (tertiary alicyclic amines) is 1. The van der Waals surface area contributed by atoms with Crippen LogP contribution >= 0.6 is 12.4 Å². The Hall–Kier alpha value is -1.79. The van der Waals surface area contributed by atoms with Gasteiger partial charge in [0.15, 0.2) is 5.58 Å². The van der Waals surface area contributed by atoms with E-state index in [9.17, 15) is 9.59 Å². The van der Waals surface area contributed by atoms with Crippen LogP contribution in [0.25, 0.3) is 11.1 Å². The predicted octanol–water partition coefficient (Wildman–Crippen LogP) is 1.99. The van der Waals surface area contributed by atoms with Crippen molar-refractivity contribution in [3.63, 3.8) is 0 Å². The maximum absolute atomic E-state index is 12.5. The van der Waals surface area contributed by atoms with Crippen LogP contribution in [-0.2, 0) is 11.3 Å². The molecule has 1 aliphatic rings. The molecule has 6 nitrogen and oxygen atoms in total. The van der Waals surface area contributed by atoms with Gasteiger partial charge in [-0.05, 0) is 30.9 Å². The molecule has 1 aromatic carbocycles. The summed E-state index contributed by atoms with van der Waals surface area (Å²) >= 11 is 0. The fraction of sp³-hybridized carbons (Fsp3) is 0.529. The van der Waals surface area contributed by atoms with Crippen LogP contribution in [0.3, 0.4) is 0 Å². The minimum Gasteiger partial charge on any atom is -0.408 e. The number of benzene rings is 1. The van der Waals surface area contributed by atoms with Crippen molar-refractivity contribution in [3.05, 3.63) is 34.8 Å². The average molecular weight is 354 g/mol. The maximum atomic E-state index is 12.5. The molecule has 1 amide bonds. The predicted molar refractivity (Wildman–Crippen MR) is 95.3 cm³/mol. The number of aryl methyl sites for hydroxylation is 1. The number of aromatic nitrogens is 1. The normalized spacial score (nSPS) is 20.8. The Morgan fingerprint density at radius 1 is 1.38 bits per heavy atom. The Labute approximate surface area is 147 Å². The Balaban J connectivity index is 0.00000208. The van der Waals surface area contributed by atoms with Crippen molar-refractivity contribution in [1.82, 2.24) is 9.47 Å². The van der Waals surface area contributed by atoms with Gasteiger partial charge in [0, 0.05) is 32.1 Å². The molecule has 7 heteroatoms. The van der Waals surface area contributed by atoms with E-state index in [-0.39, 0.29) is 30.8 Å². The molecule has 2 unspecified atom stereocenters. The number of amides is 1. The number of nitrogens with zero attached hydrogens (tertiary/aromatic N) is 2. The summed E-state index contributed by atoms with van der Waals surface area (Å²) in [6.45, 7) is 3.77. The molecule has 1 saturated heterocycles. The van der Waals surface area contributed by atoms with E-state index in [2.05, 4.69) is 6.92 Å². The second-order valence-electron chi connectivity index (χ2n) is 6.34. The van der Waals surface area contributed by atoms with Gasteiger partial charge in [0.05, 0.1) is 5.52 Å². The van der Waals surface area contributed by atoms with Gasteiger partial charge in [-0.15, -0.1) is 12.4 Å². The largest absolute Gasteiger partial charge is 0.419 e. The van der Waals surface area contributed by atoms with Crippen molar-refractivity contribution in [2.45, 2.75) is 38.8 Å². The Morgan fingerprint density at radius 2 is 2.12 bits per heavy atom. The highest BCUT2D eigenvalue weighted by molar-refractivity contribution is 5.85. The van der Waals surface area contributed by atoms with E-state index in [1.165, 1.54) is 4.57 Å². The van der Waals surface area contributed by atoms with Crippen LogP contribution in [0.4, 0.5) is 0 Å². The molecule has 2 N–H and O–H groups in total. The van der Waals surface area contributed by atoms with Gasteiger partial charge in [0.1, 0.15) is 0 Å². The van der Waals surface area contributed by atoms with Crippen LogP contribution in [0.2, 0.25) is 0 Å². The number of rotatable bonds is 4. The van der Waals surface area contributed by atoms with E-state index in [0.29, 0.717) is 24.6 Å². The molecule has 1 aromatic heterocycles. The zero-order valence-corrected chi connectivity index (χ0v) is 14.6. The highest BCUT2D eigenvalue weighted by Gasteiger charge is 2.28. The first kappa shape index (κ1) is 18.5. The molecule has 1 fully saturated rings. The molecule has 2 aromatic rings. The van der Waals surface area contributed by atoms with Crippen LogP contribution < -0.4 is 11.5 Å². The molecule has 0 saturated carbocycles. The summed E-state index contributed by atoms with van der Waals surface area (Å²) in [7, 11) is 0. The molecule has 3 rings (SSSR count). The minimum absolute atomic E-state index is 0. The topological polar surface area (TPSA) is 81.5 Å².